The Morgan fingerprint density at radius 3 is 2.65 bits per heavy atom. The van der Waals surface area contributed by atoms with Gasteiger partial charge in [-0.25, -0.2) is 0 Å². The highest BCUT2D eigenvalue weighted by Gasteiger charge is 2.68. The largest absolute Gasteiger partial charge is 0.465 e. The van der Waals surface area contributed by atoms with E-state index in [0.717, 1.165) is 12.5 Å². The molecule has 114 valence electrons. The average molecular weight is 410 g/mol. The van der Waals surface area contributed by atoms with E-state index in [0.29, 0.717) is 12.5 Å². The van der Waals surface area contributed by atoms with Gasteiger partial charge >= 0.3 is 5.97 Å². The molecular weight excluding hydrogens is 386 g/mol. The molecule has 0 aromatic rings. The molecule has 0 amide bonds. The molecule has 1 aliphatic carbocycles. The molecule has 0 aromatic carbocycles. The van der Waals surface area contributed by atoms with Crippen LogP contribution in [0.1, 0.15) is 45.4 Å². The van der Waals surface area contributed by atoms with Gasteiger partial charge in [-0.05, 0) is 45.4 Å². The minimum Gasteiger partial charge on any atom is -0.465 e. The fourth-order valence-electron chi connectivity index (χ4n) is 3.94. The van der Waals surface area contributed by atoms with Crippen LogP contribution in [0.3, 0.4) is 0 Å². The second kappa shape index (κ2) is 5.54. The highest BCUT2D eigenvalue weighted by molar-refractivity contribution is 9.25. The summed E-state index contributed by atoms with van der Waals surface area (Å²) in [5, 5.41) is 0. The van der Waals surface area contributed by atoms with E-state index in [4.69, 9.17) is 4.74 Å². The van der Waals surface area contributed by atoms with Crippen molar-refractivity contribution >= 4 is 37.8 Å². The molecule has 0 aromatic heterocycles. The number of hydrogen-bond donors (Lipinski definition) is 1. The Morgan fingerprint density at radius 1 is 1.25 bits per heavy atom. The molecule has 0 bridgehead atoms. The number of carbonyl (C=O) groups excluding carboxylic acids is 1. The van der Waals surface area contributed by atoms with E-state index < -0.39 is 0 Å². The van der Waals surface area contributed by atoms with Crippen LogP contribution in [0.25, 0.3) is 0 Å². The zero-order valence-electron chi connectivity index (χ0n) is 12.1. The molecule has 3 nitrogen and oxygen atoms in total. The smallest absolute Gasteiger partial charge is 0.314 e. The van der Waals surface area contributed by atoms with Gasteiger partial charge < -0.3 is 9.64 Å². The molecule has 0 spiro atoms. The third-order valence-corrected chi connectivity index (χ3v) is 7.88. The van der Waals surface area contributed by atoms with Gasteiger partial charge in [0.2, 0.25) is 0 Å². The molecule has 3 fully saturated rings. The van der Waals surface area contributed by atoms with Gasteiger partial charge in [0, 0.05) is 5.92 Å². The highest BCUT2D eigenvalue weighted by atomic mass is 79.9. The van der Waals surface area contributed by atoms with Crippen molar-refractivity contribution in [3.05, 3.63) is 0 Å². The van der Waals surface area contributed by atoms with Gasteiger partial charge in [0.25, 0.3) is 0 Å². The number of piperidine rings is 2. The zero-order valence-corrected chi connectivity index (χ0v) is 15.3. The third kappa shape index (κ3) is 2.70. The maximum absolute atomic E-state index is 12.3. The van der Waals surface area contributed by atoms with Crippen molar-refractivity contribution in [2.75, 3.05) is 19.7 Å². The van der Waals surface area contributed by atoms with E-state index in [-0.39, 0.29) is 14.6 Å². The molecule has 4 atom stereocenters. The summed E-state index contributed by atoms with van der Waals surface area (Å²) in [5.41, 5.74) is -0.388. The van der Waals surface area contributed by atoms with E-state index in [2.05, 4.69) is 31.9 Å². The number of ether oxygens (including phenoxy) is 1. The van der Waals surface area contributed by atoms with E-state index in [9.17, 15) is 4.79 Å². The monoisotopic (exact) mass is 408 g/mol. The second-order valence-electron chi connectivity index (χ2n) is 6.97. The molecule has 1 saturated carbocycles. The number of nitrogens with one attached hydrogen (secondary N) is 1. The van der Waals surface area contributed by atoms with E-state index in [1.165, 1.54) is 45.2 Å². The van der Waals surface area contributed by atoms with E-state index in [1.54, 1.807) is 4.90 Å². The van der Waals surface area contributed by atoms with Gasteiger partial charge in [-0.2, -0.15) is 0 Å². The lowest BCUT2D eigenvalue weighted by molar-refractivity contribution is -0.940. The molecular formula is C15H24Br2NO2+. The molecule has 0 radical (unpaired) electrons. The number of quaternary nitrogens is 1. The average Bonchev–Trinajstić information content (AvgIpc) is 2.96. The first kappa shape index (κ1) is 15.3. The quantitative estimate of drug-likeness (QED) is 0.572. The number of carbonyl (C=O) groups is 1. The van der Waals surface area contributed by atoms with Gasteiger partial charge in [-0.3, -0.25) is 4.79 Å². The first-order chi connectivity index (χ1) is 9.44. The minimum atomic E-state index is -0.388. The van der Waals surface area contributed by atoms with Crippen LogP contribution in [0, 0.1) is 11.3 Å². The van der Waals surface area contributed by atoms with Crippen LogP contribution in [0.15, 0.2) is 0 Å². The first-order valence-corrected chi connectivity index (χ1v) is 9.42. The summed E-state index contributed by atoms with van der Waals surface area (Å²) >= 11 is 7.09. The maximum atomic E-state index is 12.3. The van der Waals surface area contributed by atoms with Crippen LogP contribution in [0.2, 0.25) is 0 Å². The molecule has 1 unspecified atom stereocenters. The van der Waals surface area contributed by atoms with Crippen LogP contribution in [0.5, 0.6) is 0 Å². The molecule has 2 aliphatic heterocycles. The predicted molar refractivity (Wildman–Crippen MR) is 85.3 cm³/mol. The number of halogens is 2. The number of alkyl halides is 2. The SMILES string of the molecule is C[C@@]1(C(=O)OC[C@H]2CCC[NH+]3CCCC[C@H]23)CC1(Br)Br. The summed E-state index contributed by atoms with van der Waals surface area (Å²) < 4.78 is 5.44. The number of esters is 1. The van der Waals surface area contributed by atoms with Crippen molar-refractivity contribution in [1.29, 1.82) is 0 Å². The zero-order chi connectivity index (χ0) is 14.4. The Bertz CT molecular complexity index is 399. The second-order valence-corrected chi connectivity index (χ2v) is 10.7. The van der Waals surface area contributed by atoms with E-state index >= 15 is 0 Å². The topological polar surface area (TPSA) is 30.7 Å². The summed E-state index contributed by atoms with van der Waals surface area (Å²) in [6.07, 6.45) is 7.35. The normalized spacial score (nSPS) is 42.6. The van der Waals surface area contributed by atoms with E-state index in [1.807, 2.05) is 6.92 Å². The van der Waals surface area contributed by atoms with Gasteiger partial charge in [-0.1, -0.05) is 31.9 Å². The lowest BCUT2D eigenvalue weighted by Crippen LogP contribution is -3.18. The summed E-state index contributed by atoms with van der Waals surface area (Å²) in [4.78, 5) is 14.0. The first-order valence-electron chi connectivity index (χ1n) is 7.84. The Kier molecular flexibility index (Phi) is 4.24. The molecule has 5 heteroatoms. The number of hydrogen-bond acceptors (Lipinski definition) is 2. The standard InChI is InChI=1S/C15H23Br2NO2/c1-14(10-15(14,16)17)13(19)20-9-11-5-4-8-18-7-3-2-6-12(11)18/h11-12H,2-10H2,1H3/p+1/t11-,12-,14+/m1/s1. The van der Waals surface area contributed by atoms with Crippen LogP contribution in [-0.4, -0.2) is 34.9 Å². The van der Waals surface area contributed by atoms with Gasteiger partial charge in [0.15, 0.2) is 0 Å². The summed E-state index contributed by atoms with van der Waals surface area (Å²) in [6, 6.07) is 0.731. The molecule has 3 aliphatic rings. The van der Waals surface area contributed by atoms with Gasteiger partial charge in [0.05, 0.1) is 34.4 Å². The van der Waals surface area contributed by atoms with Crippen molar-refractivity contribution < 1.29 is 14.4 Å². The van der Waals surface area contributed by atoms with Gasteiger partial charge in [0.1, 0.15) is 0 Å². The minimum absolute atomic E-state index is 0.0471. The number of fused-ring (bicyclic) bond motifs is 1. The van der Waals surface area contributed by atoms with Crippen LogP contribution < -0.4 is 4.90 Å². The fourth-order valence-corrected chi connectivity index (χ4v) is 5.39. The summed E-state index contributed by atoms with van der Waals surface area (Å²) in [5.74, 6) is 0.527. The van der Waals surface area contributed by atoms with Crippen molar-refractivity contribution in [1.82, 2.24) is 0 Å². The van der Waals surface area contributed by atoms with Gasteiger partial charge in [-0.15, -0.1) is 0 Å². The van der Waals surface area contributed by atoms with Crippen molar-refractivity contribution in [3.8, 4) is 0 Å². The van der Waals surface area contributed by atoms with Crippen LogP contribution in [0.4, 0.5) is 0 Å². The summed E-state index contributed by atoms with van der Waals surface area (Å²) in [6.45, 7) is 5.23. The Labute approximate surface area is 138 Å². The highest BCUT2D eigenvalue weighted by Crippen LogP contribution is 2.66. The van der Waals surface area contributed by atoms with Crippen molar-refractivity contribution in [2.45, 2.75) is 54.7 Å². The lowest BCUT2D eigenvalue weighted by atomic mass is 9.84. The predicted octanol–water partition coefficient (Wildman–Crippen LogP) is 2.27. The summed E-state index contributed by atoms with van der Waals surface area (Å²) in [7, 11) is 0. The number of rotatable bonds is 3. The van der Waals surface area contributed by atoms with Crippen LogP contribution >= 0.6 is 31.9 Å². The third-order valence-electron chi connectivity index (χ3n) is 5.57. The Hall–Kier alpha value is 0.390. The lowest BCUT2D eigenvalue weighted by Gasteiger charge is -2.41. The van der Waals surface area contributed by atoms with Crippen molar-refractivity contribution in [2.24, 2.45) is 11.3 Å². The maximum Gasteiger partial charge on any atom is 0.314 e. The Balaban J connectivity index is 1.54. The Morgan fingerprint density at radius 2 is 1.95 bits per heavy atom. The molecule has 3 rings (SSSR count). The molecule has 1 N–H and O–H groups in total. The van der Waals surface area contributed by atoms with Crippen LogP contribution in [-0.2, 0) is 9.53 Å². The molecule has 2 saturated heterocycles. The fraction of sp³-hybridized carbons (Fsp3) is 0.933. The molecule has 20 heavy (non-hydrogen) atoms. The molecule has 2 heterocycles. The van der Waals surface area contributed by atoms with Crippen molar-refractivity contribution in [3.63, 3.8) is 0 Å².